The minimum absolute atomic E-state index is 0.979. The van der Waals surface area contributed by atoms with Gasteiger partial charge in [-0.3, -0.25) is 0 Å². The SMILES string of the molecule is CN1CCCn2nncc2C1. The van der Waals surface area contributed by atoms with Gasteiger partial charge in [-0.25, -0.2) is 4.68 Å². The number of rotatable bonds is 0. The molecule has 0 aromatic carbocycles. The molecule has 0 N–H and O–H groups in total. The summed E-state index contributed by atoms with van der Waals surface area (Å²) in [6.07, 6.45) is 3.02. The molecule has 2 rings (SSSR count). The maximum absolute atomic E-state index is 3.99. The number of aryl methyl sites for hydroxylation is 1. The van der Waals surface area contributed by atoms with Crippen LogP contribution in [0.3, 0.4) is 0 Å². The molecule has 1 aliphatic rings. The molecule has 0 amide bonds. The molecule has 1 aromatic rings. The molecule has 4 heteroatoms. The van der Waals surface area contributed by atoms with E-state index in [2.05, 4.69) is 22.3 Å². The van der Waals surface area contributed by atoms with Crippen molar-refractivity contribution in [2.45, 2.75) is 19.5 Å². The summed E-state index contributed by atoms with van der Waals surface area (Å²) >= 11 is 0. The number of hydrogen-bond donors (Lipinski definition) is 0. The fourth-order valence-electron chi connectivity index (χ4n) is 1.44. The van der Waals surface area contributed by atoms with Crippen molar-refractivity contribution in [2.24, 2.45) is 0 Å². The van der Waals surface area contributed by atoms with E-state index in [4.69, 9.17) is 0 Å². The lowest BCUT2D eigenvalue weighted by Gasteiger charge is -2.10. The number of fused-ring (bicyclic) bond motifs is 1. The average molecular weight is 152 g/mol. The molecule has 0 spiro atoms. The highest BCUT2D eigenvalue weighted by molar-refractivity contribution is 4.94. The van der Waals surface area contributed by atoms with Gasteiger partial charge in [-0.2, -0.15) is 0 Å². The number of aromatic nitrogens is 3. The molecule has 4 nitrogen and oxygen atoms in total. The number of nitrogens with zero attached hydrogens (tertiary/aromatic N) is 4. The lowest BCUT2D eigenvalue weighted by Crippen LogP contribution is -2.16. The van der Waals surface area contributed by atoms with Gasteiger partial charge >= 0.3 is 0 Å². The second-order valence-electron chi connectivity index (χ2n) is 3.04. The van der Waals surface area contributed by atoms with Crippen LogP contribution in [0.5, 0.6) is 0 Å². The lowest BCUT2D eigenvalue weighted by atomic mass is 10.4. The fraction of sp³-hybridized carbons (Fsp3) is 0.714. The van der Waals surface area contributed by atoms with Crippen molar-refractivity contribution in [1.29, 1.82) is 0 Å². The molecular weight excluding hydrogens is 140 g/mol. The Kier molecular flexibility index (Phi) is 1.62. The van der Waals surface area contributed by atoms with Gasteiger partial charge in [0.2, 0.25) is 0 Å². The van der Waals surface area contributed by atoms with Crippen molar-refractivity contribution in [3.05, 3.63) is 11.9 Å². The van der Waals surface area contributed by atoms with Crippen LogP contribution in [0.25, 0.3) is 0 Å². The Labute approximate surface area is 65.8 Å². The Morgan fingerprint density at radius 3 is 3.27 bits per heavy atom. The Morgan fingerprint density at radius 1 is 1.45 bits per heavy atom. The molecule has 0 radical (unpaired) electrons. The van der Waals surface area contributed by atoms with Gasteiger partial charge in [-0.1, -0.05) is 5.21 Å². The summed E-state index contributed by atoms with van der Waals surface area (Å²) in [4.78, 5) is 2.29. The van der Waals surface area contributed by atoms with Gasteiger partial charge < -0.3 is 4.90 Å². The largest absolute Gasteiger partial charge is 0.300 e. The van der Waals surface area contributed by atoms with Crippen LogP contribution in [-0.4, -0.2) is 33.5 Å². The summed E-state index contributed by atoms with van der Waals surface area (Å²) in [5.74, 6) is 0. The Hall–Kier alpha value is -0.900. The van der Waals surface area contributed by atoms with Gasteiger partial charge in [0, 0.05) is 19.6 Å². The minimum atomic E-state index is 0.979. The van der Waals surface area contributed by atoms with Crippen LogP contribution in [0.1, 0.15) is 12.1 Å². The molecular formula is C7H12N4. The summed E-state index contributed by atoms with van der Waals surface area (Å²) in [5, 5.41) is 7.86. The van der Waals surface area contributed by atoms with E-state index in [0.717, 1.165) is 19.6 Å². The zero-order chi connectivity index (χ0) is 7.68. The van der Waals surface area contributed by atoms with Crippen LogP contribution in [0.4, 0.5) is 0 Å². The zero-order valence-corrected chi connectivity index (χ0v) is 6.69. The van der Waals surface area contributed by atoms with Gasteiger partial charge in [-0.15, -0.1) is 5.10 Å². The van der Waals surface area contributed by atoms with Crippen molar-refractivity contribution >= 4 is 0 Å². The molecule has 0 aliphatic carbocycles. The molecule has 0 saturated carbocycles. The predicted molar refractivity (Wildman–Crippen MR) is 41.0 cm³/mol. The van der Waals surface area contributed by atoms with Crippen LogP contribution in [0.15, 0.2) is 6.20 Å². The molecule has 0 fully saturated rings. The third-order valence-corrected chi connectivity index (χ3v) is 2.04. The first kappa shape index (κ1) is 6.79. The molecule has 1 aromatic heterocycles. The van der Waals surface area contributed by atoms with Crippen LogP contribution >= 0.6 is 0 Å². The average Bonchev–Trinajstić information content (AvgIpc) is 2.31. The highest BCUT2D eigenvalue weighted by Gasteiger charge is 2.10. The van der Waals surface area contributed by atoms with Crippen molar-refractivity contribution in [3.8, 4) is 0 Å². The molecule has 0 unspecified atom stereocenters. The third kappa shape index (κ3) is 1.26. The van der Waals surface area contributed by atoms with Crippen LogP contribution in [0.2, 0.25) is 0 Å². The normalized spacial score (nSPS) is 19.4. The maximum Gasteiger partial charge on any atom is 0.0738 e. The second-order valence-corrected chi connectivity index (χ2v) is 3.04. The Bertz CT molecular complexity index is 242. The molecule has 0 bridgehead atoms. The fourth-order valence-corrected chi connectivity index (χ4v) is 1.44. The van der Waals surface area contributed by atoms with Crippen molar-refractivity contribution in [2.75, 3.05) is 13.6 Å². The van der Waals surface area contributed by atoms with E-state index < -0.39 is 0 Å². The first-order valence-corrected chi connectivity index (χ1v) is 3.92. The molecule has 60 valence electrons. The summed E-state index contributed by atoms with van der Waals surface area (Å²) in [6, 6.07) is 0. The highest BCUT2D eigenvalue weighted by Crippen LogP contribution is 2.07. The quantitative estimate of drug-likeness (QED) is 0.529. The monoisotopic (exact) mass is 152 g/mol. The summed E-state index contributed by atoms with van der Waals surface area (Å²) in [5.41, 5.74) is 1.23. The predicted octanol–water partition coefficient (Wildman–Crippen LogP) is 0.114. The highest BCUT2D eigenvalue weighted by atomic mass is 15.4. The first-order chi connectivity index (χ1) is 5.36. The van der Waals surface area contributed by atoms with E-state index in [0.29, 0.717) is 0 Å². The molecule has 1 aliphatic heterocycles. The van der Waals surface area contributed by atoms with Gasteiger partial charge in [0.05, 0.1) is 11.9 Å². The summed E-state index contributed by atoms with van der Waals surface area (Å²) in [6.45, 7) is 3.15. The maximum atomic E-state index is 3.99. The van der Waals surface area contributed by atoms with Crippen molar-refractivity contribution < 1.29 is 0 Å². The number of hydrogen-bond acceptors (Lipinski definition) is 3. The van der Waals surface area contributed by atoms with E-state index in [-0.39, 0.29) is 0 Å². The van der Waals surface area contributed by atoms with Crippen molar-refractivity contribution in [1.82, 2.24) is 19.9 Å². The summed E-state index contributed by atoms with van der Waals surface area (Å²) < 4.78 is 1.99. The minimum Gasteiger partial charge on any atom is -0.300 e. The van der Waals surface area contributed by atoms with E-state index in [1.807, 2.05) is 10.9 Å². The van der Waals surface area contributed by atoms with E-state index >= 15 is 0 Å². The van der Waals surface area contributed by atoms with E-state index in [1.54, 1.807) is 0 Å². The van der Waals surface area contributed by atoms with E-state index in [9.17, 15) is 0 Å². The topological polar surface area (TPSA) is 34.0 Å². The lowest BCUT2D eigenvalue weighted by molar-refractivity contribution is 0.332. The van der Waals surface area contributed by atoms with Gasteiger partial charge in [0.1, 0.15) is 0 Å². The van der Waals surface area contributed by atoms with Gasteiger partial charge in [0.25, 0.3) is 0 Å². The third-order valence-electron chi connectivity index (χ3n) is 2.04. The zero-order valence-electron chi connectivity index (χ0n) is 6.69. The molecule has 0 atom stereocenters. The van der Waals surface area contributed by atoms with Crippen LogP contribution in [0, 0.1) is 0 Å². The molecule has 2 heterocycles. The van der Waals surface area contributed by atoms with Crippen molar-refractivity contribution in [3.63, 3.8) is 0 Å². The standard InChI is InChI=1S/C7H12N4/c1-10-3-2-4-11-7(6-10)5-8-9-11/h5H,2-4,6H2,1H3. The Morgan fingerprint density at radius 2 is 2.36 bits per heavy atom. The second kappa shape index (κ2) is 2.62. The van der Waals surface area contributed by atoms with Crippen LogP contribution < -0.4 is 0 Å². The molecule has 11 heavy (non-hydrogen) atoms. The first-order valence-electron chi connectivity index (χ1n) is 3.92. The molecule has 0 saturated heterocycles. The van der Waals surface area contributed by atoms with Gasteiger partial charge in [-0.05, 0) is 13.5 Å². The smallest absolute Gasteiger partial charge is 0.0738 e. The summed E-state index contributed by atoms with van der Waals surface area (Å²) in [7, 11) is 2.13. The van der Waals surface area contributed by atoms with Crippen LogP contribution in [-0.2, 0) is 13.1 Å². The Balaban J connectivity index is 2.26. The van der Waals surface area contributed by atoms with E-state index in [1.165, 1.54) is 12.1 Å². The van der Waals surface area contributed by atoms with Gasteiger partial charge in [0.15, 0.2) is 0 Å².